The molecule has 136 valence electrons. The van der Waals surface area contributed by atoms with Crippen molar-refractivity contribution in [3.63, 3.8) is 0 Å². The zero-order chi connectivity index (χ0) is 19.2. The Morgan fingerprint density at radius 2 is 1.88 bits per heavy atom. The van der Waals surface area contributed by atoms with Crippen molar-refractivity contribution in [3.8, 4) is 6.07 Å². The van der Waals surface area contributed by atoms with E-state index in [1.54, 1.807) is 17.1 Å². The number of carbonyl (C=O) groups excluding carboxylic acids is 1. The van der Waals surface area contributed by atoms with Gasteiger partial charge in [0.05, 0.1) is 17.6 Å². The van der Waals surface area contributed by atoms with Crippen LogP contribution < -0.4 is 5.73 Å². The molecule has 0 saturated carbocycles. The van der Waals surface area contributed by atoms with Crippen LogP contribution in [0.25, 0.3) is 0 Å². The lowest BCUT2D eigenvalue weighted by atomic mass is 9.69. The number of halogens is 1. The van der Waals surface area contributed by atoms with Crippen LogP contribution in [0, 0.1) is 16.7 Å². The van der Waals surface area contributed by atoms with Crippen LogP contribution in [0.5, 0.6) is 0 Å². The zero-order valence-corrected chi connectivity index (χ0v) is 16.3. The third-order valence-corrected chi connectivity index (χ3v) is 5.21. The molecule has 2 aliphatic rings. The van der Waals surface area contributed by atoms with Crippen molar-refractivity contribution < 1.29 is 4.79 Å². The Morgan fingerprint density at radius 1 is 1.27 bits per heavy atom. The molecule has 1 aromatic carbocycles. The summed E-state index contributed by atoms with van der Waals surface area (Å²) in [5, 5.41) is 14.1. The summed E-state index contributed by atoms with van der Waals surface area (Å²) in [5.74, 6) is -0.00272. The van der Waals surface area contributed by atoms with E-state index in [1.807, 2.05) is 31.2 Å². The number of rotatable bonds is 2. The lowest BCUT2D eigenvalue weighted by Crippen LogP contribution is -2.47. The summed E-state index contributed by atoms with van der Waals surface area (Å²) >= 11 is 6.02. The van der Waals surface area contributed by atoms with E-state index in [0.29, 0.717) is 28.4 Å². The van der Waals surface area contributed by atoms with Crippen LogP contribution in [0.1, 0.15) is 38.2 Å². The highest BCUT2D eigenvalue weighted by molar-refractivity contribution is 6.30. The molecular weight excluding hydrogens is 348 g/mol. The highest BCUT2D eigenvalue weighted by Crippen LogP contribution is 2.49. The molecule has 3 rings (SSSR count). The predicted molar refractivity (Wildman–Crippen MR) is 102 cm³/mol. The number of benzene rings is 1. The van der Waals surface area contributed by atoms with Crippen molar-refractivity contribution in [1.29, 1.82) is 5.26 Å². The maximum Gasteiger partial charge on any atom is 0.162 e. The summed E-state index contributed by atoms with van der Waals surface area (Å²) in [6.07, 6.45) is 1.17. The summed E-state index contributed by atoms with van der Waals surface area (Å²) in [4.78, 5) is 13.1. The van der Waals surface area contributed by atoms with Crippen LogP contribution in [-0.4, -0.2) is 29.9 Å². The van der Waals surface area contributed by atoms with Gasteiger partial charge in [-0.25, -0.2) is 5.01 Å². The molecule has 1 atom stereocenters. The molecule has 0 amide bonds. The Balaban J connectivity index is 2.27. The molecule has 0 aromatic heterocycles. The molecule has 0 radical (unpaired) electrons. The van der Waals surface area contributed by atoms with Crippen LogP contribution >= 0.6 is 11.6 Å². The molecule has 0 fully saturated rings. The third-order valence-electron chi connectivity index (χ3n) is 4.96. The van der Waals surface area contributed by atoms with Crippen molar-refractivity contribution in [2.75, 3.05) is 14.1 Å². The molecule has 0 saturated heterocycles. The van der Waals surface area contributed by atoms with Gasteiger partial charge in [0.1, 0.15) is 5.82 Å². The summed E-state index contributed by atoms with van der Waals surface area (Å²) in [7, 11) is 3.72. The van der Waals surface area contributed by atoms with E-state index in [4.69, 9.17) is 17.3 Å². The molecular formula is C20H23ClN4O. The lowest BCUT2D eigenvalue weighted by Gasteiger charge is -2.45. The molecule has 6 heteroatoms. The van der Waals surface area contributed by atoms with Gasteiger partial charge in [-0.1, -0.05) is 37.6 Å². The van der Waals surface area contributed by atoms with E-state index in [-0.39, 0.29) is 11.2 Å². The topological polar surface area (TPSA) is 73.4 Å². The van der Waals surface area contributed by atoms with Crippen molar-refractivity contribution in [1.82, 2.24) is 10.0 Å². The van der Waals surface area contributed by atoms with E-state index >= 15 is 0 Å². The smallest absolute Gasteiger partial charge is 0.162 e. The Labute approximate surface area is 159 Å². The molecule has 2 N–H and O–H groups in total. The first-order valence-corrected chi connectivity index (χ1v) is 8.93. The SMILES string of the molecule is CN(C)N1C(N)=C(C#N)[C@@H](c2ccc(Cl)cc2)C2=C1CC(C)(C)CC2=O. The van der Waals surface area contributed by atoms with Gasteiger partial charge in [0.15, 0.2) is 5.78 Å². The van der Waals surface area contributed by atoms with Gasteiger partial charge < -0.3 is 5.73 Å². The van der Waals surface area contributed by atoms with Gasteiger partial charge in [-0.2, -0.15) is 5.26 Å². The van der Waals surface area contributed by atoms with E-state index < -0.39 is 5.92 Å². The van der Waals surface area contributed by atoms with Crippen molar-refractivity contribution in [2.45, 2.75) is 32.6 Å². The first kappa shape index (κ1) is 18.5. The Bertz CT molecular complexity index is 859. The molecule has 5 nitrogen and oxygen atoms in total. The van der Waals surface area contributed by atoms with Gasteiger partial charge in [-0.05, 0) is 29.5 Å². The number of hydrogen-bond donors (Lipinski definition) is 1. The monoisotopic (exact) mass is 370 g/mol. The van der Waals surface area contributed by atoms with Crippen molar-refractivity contribution in [3.05, 3.63) is 57.5 Å². The van der Waals surface area contributed by atoms with Crippen LogP contribution in [0.4, 0.5) is 0 Å². The Hall–Kier alpha value is -2.29. The van der Waals surface area contributed by atoms with Gasteiger partial charge in [0.2, 0.25) is 0 Å². The molecule has 1 aliphatic heterocycles. The average molecular weight is 371 g/mol. The van der Waals surface area contributed by atoms with E-state index in [1.165, 1.54) is 0 Å². The minimum Gasteiger partial charge on any atom is -0.383 e. The fourth-order valence-electron chi connectivity index (χ4n) is 3.94. The first-order valence-electron chi connectivity index (χ1n) is 8.55. The van der Waals surface area contributed by atoms with E-state index in [9.17, 15) is 10.1 Å². The van der Waals surface area contributed by atoms with Crippen LogP contribution in [0.3, 0.4) is 0 Å². The number of nitriles is 1. The summed E-state index contributed by atoms with van der Waals surface area (Å²) < 4.78 is 0. The number of nitrogens with two attached hydrogens (primary N) is 1. The lowest BCUT2D eigenvalue weighted by molar-refractivity contribution is -0.119. The Kier molecular flexibility index (Phi) is 4.60. The summed E-state index contributed by atoms with van der Waals surface area (Å²) in [6.45, 7) is 4.17. The molecule has 1 heterocycles. The van der Waals surface area contributed by atoms with Crippen LogP contribution in [-0.2, 0) is 4.79 Å². The predicted octanol–water partition coefficient (Wildman–Crippen LogP) is 3.55. The number of ketones is 1. The number of Topliss-reactive ketones (excluding diaryl/α,β-unsaturated/α-hetero) is 1. The van der Waals surface area contributed by atoms with E-state index in [0.717, 1.165) is 17.7 Å². The summed E-state index contributed by atoms with van der Waals surface area (Å²) in [6, 6.07) is 9.52. The first-order chi connectivity index (χ1) is 12.2. The van der Waals surface area contributed by atoms with E-state index in [2.05, 4.69) is 19.9 Å². The second-order valence-corrected chi connectivity index (χ2v) is 8.29. The molecule has 0 bridgehead atoms. The second-order valence-electron chi connectivity index (χ2n) is 7.86. The minimum atomic E-state index is -0.452. The highest BCUT2D eigenvalue weighted by Gasteiger charge is 2.44. The second kappa shape index (κ2) is 6.46. The van der Waals surface area contributed by atoms with Crippen LogP contribution in [0.15, 0.2) is 46.9 Å². The number of nitrogens with zero attached hydrogens (tertiary/aromatic N) is 3. The fraction of sp³-hybridized carbons (Fsp3) is 0.400. The van der Waals surface area contributed by atoms with Crippen molar-refractivity contribution >= 4 is 17.4 Å². The largest absolute Gasteiger partial charge is 0.383 e. The molecule has 0 unspecified atom stereocenters. The zero-order valence-electron chi connectivity index (χ0n) is 15.5. The van der Waals surface area contributed by atoms with Crippen LogP contribution in [0.2, 0.25) is 5.02 Å². The molecule has 0 spiro atoms. The molecule has 1 aromatic rings. The van der Waals surface area contributed by atoms with Gasteiger partial charge >= 0.3 is 0 Å². The van der Waals surface area contributed by atoms with Crippen molar-refractivity contribution in [2.24, 2.45) is 11.1 Å². The molecule has 26 heavy (non-hydrogen) atoms. The van der Waals surface area contributed by atoms with Gasteiger partial charge in [-0.3, -0.25) is 9.80 Å². The highest BCUT2D eigenvalue weighted by atomic mass is 35.5. The van der Waals surface area contributed by atoms with Gasteiger partial charge in [-0.15, -0.1) is 0 Å². The maximum atomic E-state index is 13.1. The normalized spacial score (nSPS) is 22.6. The fourth-order valence-corrected chi connectivity index (χ4v) is 4.06. The summed E-state index contributed by atoms with van der Waals surface area (Å²) in [5.41, 5.74) is 9.05. The van der Waals surface area contributed by atoms with Gasteiger partial charge in [0.25, 0.3) is 0 Å². The van der Waals surface area contributed by atoms with Gasteiger partial charge in [0, 0.05) is 36.8 Å². The number of hydrogen-bond acceptors (Lipinski definition) is 5. The average Bonchev–Trinajstić information content (AvgIpc) is 2.53. The maximum absolute atomic E-state index is 13.1. The number of hydrazine groups is 1. The quantitative estimate of drug-likeness (QED) is 0.861. The third kappa shape index (κ3) is 3.00. The Morgan fingerprint density at radius 3 is 2.42 bits per heavy atom. The number of carbonyl (C=O) groups is 1. The number of allylic oxidation sites excluding steroid dienone is 3. The minimum absolute atomic E-state index is 0.0725. The standard InChI is InChI=1S/C20H23ClN4O/c1-20(2)9-15-18(16(26)10-20)17(12-5-7-13(21)8-6-12)14(11-22)19(23)25(15)24(3)4/h5-8,17H,9-10,23H2,1-4H3/t17-/m1/s1. The molecule has 1 aliphatic carbocycles.